The van der Waals surface area contributed by atoms with Gasteiger partial charge >= 0.3 is 5.97 Å². The van der Waals surface area contributed by atoms with Crippen LogP contribution in [-0.2, 0) is 19.3 Å². The third-order valence-corrected chi connectivity index (χ3v) is 6.35. The summed E-state index contributed by atoms with van der Waals surface area (Å²) in [7, 11) is 1.62. The second-order valence-electron chi connectivity index (χ2n) is 8.33. The zero-order chi connectivity index (χ0) is 20.9. The van der Waals surface area contributed by atoms with Crippen molar-refractivity contribution in [1.29, 1.82) is 0 Å². The minimum absolute atomic E-state index is 0.308. The molecule has 0 amide bonds. The van der Waals surface area contributed by atoms with E-state index in [-0.39, 0.29) is 5.54 Å². The molecule has 2 aromatic heterocycles. The zero-order valence-corrected chi connectivity index (χ0v) is 16.9. The van der Waals surface area contributed by atoms with Crippen molar-refractivity contribution in [2.45, 2.75) is 44.1 Å². The lowest BCUT2D eigenvalue weighted by Crippen LogP contribution is -2.48. The van der Waals surface area contributed by atoms with Crippen LogP contribution in [0.2, 0.25) is 0 Å². The molecule has 0 atom stereocenters. The number of hydrogen-bond acceptors (Lipinski definition) is 5. The van der Waals surface area contributed by atoms with Crippen molar-refractivity contribution < 1.29 is 14.6 Å². The normalized spacial score (nSPS) is 16.3. The van der Waals surface area contributed by atoms with E-state index in [4.69, 9.17) is 15.5 Å². The Kier molecular flexibility index (Phi) is 4.36. The number of benzene rings is 1. The Hall–Kier alpha value is -3.19. The van der Waals surface area contributed by atoms with Crippen molar-refractivity contribution in [2.75, 3.05) is 7.11 Å². The van der Waals surface area contributed by atoms with E-state index in [1.165, 1.54) is 0 Å². The number of aromatic nitrogens is 3. The number of nitrogens with one attached hydrogen (secondary N) is 1. The molecule has 2 aliphatic rings. The first-order chi connectivity index (χ1) is 14.5. The highest BCUT2D eigenvalue weighted by Crippen LogP contribution is 2.39. The van der Waals surface area contributed by atoms with Gasteiger partial charge in [0, 0.05) is 29.4 Å². The van der Waals surface area contributed by atoms with Crippen LogP contribution in [0.1, 0.15) is 46.4 Å². The average Bonchev–Trinajstić information content (AvgIpc) is 3.10. The summed E-state index contributed by atoms with van der Waals surface area (Å²) >= 11 is 0. The molecule has 0 spiro atoms. The van der Waals surface area contributed by atoms with Crippen LogP contribution in [0.3, 0.4) is 0 Å². The maximum absolute atomic E-state index is 12.1. The highest BCUT2D eigenvalue weighted by molar-refractivity contribution is 5.94. The third-order valence-electron chi connectivity index (χ3n) is 6.35. The van der Waals surface area contributed by atoms with Crippen LogP contribution in [0.15, 0.2) is 30.5 Å². The van der Waals surface area contributed by atoms with E-state index in [9.17, 15) is 9.90 Å². The number of fused-ring (bicyclic) bond motifs is 3. The van der Waals surface area contributed by atoms with Crippen molar-refractivity contribution in [3.63, 3.8) is 0 Å². The number of carboxylic acid groups (broad SMARTS) is 1. The van der Waals surface area contributed by atoms with Crippen LogP contribution in [0.4, 0.5) is 0 Å². The van der Waals surface area contributed by atoms with Gasteiger partial charge in [-0.3, -0.25) is 0 Å². The van der Waals surface area contributed by atoms with Gasteiger partial charge in [-0.05, 0) is 55.4 Å². The predicted octanol–water partition coefficient (Wildman–Crippen LogP) is 3.37. The molecule has 0 bridgehead atoms. The van der Waals surface area contributed by atoms with E-state index in [2.05, 4.69) is 9.97 Å². The third kappa shape index (κ3) is 3.06. The molecular weight excluding hydrogens is 380 g/mol. The maximum atomic E-state index is 12.1. The van der Waals surface area contributed by atoms with E-state index in [0.29, 0.717) is 36.3 Å². The smallest absolute Gasteiger partial charge is 0.337 e. The number of nitrogens with two attached hydrogens (primary N) is 1. The fourth-order valence-corrected chi connectivity index (χ4v) is 4.57. The fraction of sp³-hybridized carbons (Fsp3) is 0.348. The van der Waals surface area contributed by atoms with Crippen LogP contribution in [0, 0.1) is 0 Å². The predicted molar refractivity (Wildman–Crippen MR) is 113 cm³/mol. The molecule has 30 heavy (non-hydrogen) atoms. The molecule has 2 aliphatic carbocycles. The number of carboxylic acids is 1. The second-order valence-corrected chi connectivity index (χ2v) is 8.33. The molecule has 5 rings (SSSR count). The molecule has 7 heteroatoms. The van der Waals surface area contributed by atoms with Crippen LogP contribution in [0.25, 0.3) is 22.8 Å². The number of aromatic carboxylic acids is 1. The first-order valence-corrected chi connectivity index (χ1v) is 10.2. The minimum Gasteiger partial charge on any atom is -0.497 e. The van der Waals surface area contributed by atoms with Gasteiger partial charge in [0.2, 0.25) is 0 Å². The van der Waals surface area contributed by atoms with Gasteiger partial charge in [0.25, 0.3) is 0 Å². The van der Waals surface area contributed by atoms with E-state index < -0.39 is 5.97 Å². The van der Waals surface area contributed by atoms with Crippen molar-refractivity contribution in [3.8, 4) is 28.5 Å². The lowest BCUT2D eigenvalue weighted by atomic mass is 9.74. The van der Waals surface area contributed by atoms with Crippen molar-refractivity contribution in [2.24, 2.45) is 5.73 Å². The summed E-state index contributed by atoms with van der Waals surface area (Å²) in [6.07, 6.45) is 6.70. The summed E-state index contributed by atoms with van der Waals surface area (Å²) < 4.78 is 5.31. The SMILES string of the molecule is COc1cccc(-c2ncc3c(n2)-c2[nH]c(CC4(N)CCC4)c(C(=O)O)c2CC3)c1. The summed E-state index contributed by atoms with van der Waals surface area (Å²) in [5.41, 5.74) is 11.5. The van der Waals surface area contributed by atoms with E-state index in [0.717, 1.165) is 53.1 Å². The molecule has 0 radical (unpaired) electrons. The lowest BCUT2D eigenvalue weighted by Gasteiger charge is -2.38. The summed E-state index contributed by atoms with van der Waals surface area (Å²) in [6.45, 7) is 0. The lowest BCUT2D eigenvalue weighted by molar-refractivity contribution is 0.0694. The zero-order valence-electron chi connectivity index (χ0n) is 16.9. The highest BCUT2D eigenvalue weighted by atomic mass is 16.5. The largest absolute Gasteiger partial charge is 0.497 e. The van der Waals surface area contributed by atoms with Gasteiger partial charge in [0.15, 0.2) is 5.82 Å². The number of hydrogen-bond donors (Lipinski definition) is 3. The van der Waals surface area contributed by atoms with Crippen molar-refractivity contribution in [3.05, 3.63) is 52.8 Å². The maximum Gasteiger partial charge on any atom is 0.337 e. The first-order valence-electron chi connectivity index (χ1n) is 10.2. The Balaban J connectivity index is 1.61. The van der Waals surface area contributed by atoms with Gasteiger partial charge in [-0.15, -0.1) is 0 Å². The molecule has 1 saturated carbocycles. The Bertz CT molecular complexity index is 1150. The number of H-pyrrole nitrogens is 1. The molecule has 0 aliphatic heterocycles. The second kappa shape index (κ2) is 6.95. The van der Waals surface area contributed by atoms with Crippen LogP contribution in [0.5, 0.6) is 5.75 Å². The molecule has 4 N–H and O–H groups in total. The summed E-state index contributed by atoms with van der Waals surface area (Å²) in [5, 5.41) is 9.93. The standard InChI is InChI=1S/C23H24N4O3/c1-30-15-5-2-4-13(10-15)21-25-12-14-6-7-16-18(22(28)29)17(11-23(24)8-3-9-23)26-20(16)19(14)27-21/h2,4-5,10,12,26H,3,6-9,11,24H2,1H3,(H,28,29). The minimum atomic E-state index is -0.907. The van der Waals surface area contributed by atoms with Crippen LogP contribution < -0.4 is 10.5 Å². The molecule has 1 fully saturated rings. The number of aryl methyl sites for hydroxylation is 1. The summed E-state index contributed by atoms with van der Waals surface area (Å²) in [5.74, 6) is 0.414. The topological polar surface area (TPSA) is 114 Å². The highest BCUT2D eigenvalue weighted by Gasteiger charge is 2.36. The molecule has 0 unspecified atom stereocenters. The summed E-state index contributed by atoms with van der Waals surface area (Å²) in [6, 6.07) is 7.60. The molecule has 3 aromatic rings. The van der Waals surface area contributed by atoms with E-state index >= 15 is 0 Å². The number of carbonyl (C=O) groups is 1. The van der Waals surface area contributed by atoms with Gasteiger partial charge in [0.1, 0.15) is 5.75 Å². The van der Waals surface area contributed by atoms with E-state index in [1.54, 1.807) is 7.11 Å². The van der Waals surface area contributed by atoms with Crippen LogP contribution in [-0.4, -0.2) is 38.7 Å². The Labute approximate surface area is 174 Å². The molecule has 2 heterocycles. The number of aromatic amines is 1. The fourth-order valence-electron chi connectivity index (χ4n) is 4.57. The first kappa shape index (κ1) is 18.8. The Morgan fingerprint density at radius 2 is 2.17 bits per heavy atom. The number of methoxy groups -OCH3 is 1. The van der Waals surface area contributed by atoms with Crippen molar-refractivity contribution in [1.82, 2.24) is 15.0 Å². The average molecular weight is 404 g/mol. The van der Waals surface area contributed by atoms with Gasteiger partial charge in [-0.2, -0.15) is 0 Å². The molecule has 1 aromatic carbocycles. The quantitative estimate of drug-likeness (QED) is 0.601. The van der Waals surface area contributed by atoms with Gasteiger partial charge < -0.3 is 20.6 Å². The molecular formula is C23H24N4O3. The monoisotopic (exact) mass is 404 g/mol. The molecule has 154 valence electrons. The number of ether oxygens (including phenoxy) is 1. The van der Waals surface area contributed by atoms with Gasteiger partial charge in [0.05, 0.1) is 24.1 Å². The summed E-state index contributed by atoms with van der Waals surface area (Å²) in [4.78, 5) is 24.9. The van der Waals surface area contributed by atoms with Gasteiger partial charge in [-0.1, -0.05) is 12.1 Å². The number of rotatable bonds is 5. The Morgan fingerprint density at radius 1 is 1.33 bits per heavy atom. The molecule has 0 saturated heterocycles. The van der Waals surface area contributed by atoms with Crippen molar-refractivity contribution >= 4 is 5.97 Å². The van der Waals surface area contributed by atoms with Crippen LogP contribution >= 0.6 is 0 Å². The molecule has 7 nitrogen and oxygen atoms in total. The Morgan fingerprint density at radius 3 is 2.87 bits per heavy atom. The van der Waals surface area contributed by atoms with Gasteiger partial charge in [-0.25, -0.2) is 14.8 Å². The number of nitrogens with zero attached hydrogens (tertiary/aromatic N) is 2. The van der Waals surface area contributed by atoms with E-state index in [1.807, 2.05) is 30.5 Å².